The lowest BCUT2D eigenvalue weighted by Crippen LogP contribution is -2.43. The van der Waals surface area contributed by atoms with Crippen molar-refractivity contribution in [2.24, 2.45) is 0 Å². The van der Waals surface area contributed by atoms with E-state index in [-0.39, 0.29) is 18.2 Å². The van der Waals surface area contributed by atoms with Crippen LogP contribution in [-0.4, -0.2) is 39.6 Å². The van der Waals surface area contributed by atoms with Crippen molar-refractivity contribution < 1.29 is 18.6 Å². The summed E-state index contributed by atoms with van der Waals surface area (Å²) >= 11 is 0. The van der Waals surface area contributed by atoms with Crippen molar-refractivity contribution in [3.63, 3.8) is 0 Å². The summed E-state index contributed by atoms with van der Waals surface area (Å²) in [5.74, 6) is 1.25. The summed E-state index contributed by atoms with van der Waals surface area (Å²) in [5, 5.41) is 10.2. The van der Waals surface area contributed by atoms with Crippen LogP contribution in [0.2, 0.25) is 0 Å². The minimum Gasteiger partial charge on any atom is -0.361 e. The molecular formula is C15H18N4O4. The Morgan fingerprint density at radius 1 is 1.26 bits per heavy atom. The van der Waals surface area contributed by atoms with E-state index < -0.39 is 6.04 Å². The van der Waals surface area contributed by atoms with Gasteiger partial charge in [-0.15, -0.1) is 0 Å². The van der Waals surface area contributed by atoms with Crippen LogP contribution >= 0.6 is 0 Å². The number of hydrogen-bond donors (Lipinski definition) is 1. The maximum absolute atomic E-state index is 12.4. The molecule has 1 N–H and O–H groups in total. The first-order chi connectivity index (χ1) is 11.0. The lowest BCUT2D eigenvalue weighted by atomic mass is 10.2. The SMILES string of the molecule is Cc1cc(CC(=O)N2CCCC2C(=O)Nc2cc(C)on2)no1. The zero-order chi connectivity index (χ0) is 16.4. The van der Waals surface area contributed by atoms with Gasteiger partial charge in [0.25, 0.3) is 0 Å². The highest BCUT2D eigenvalue weighted by Crippen LogP contribution is 2.20. The van der Waals surface area contributed by atoms with Crippen molar-refractivity contribution in [3.05, 3.63) is 29.3 Å². The van der Waals surface area contributed by atoms with Crippen molar-refractivity contribution in [2.45, 2.75) is 39.2 Å². The molecule has 8 nitrogen and oxygen atoms in total. The van der Waals surface area contributed by atoms with Gasteiger partial charge in [0.15, 0.2) is 5.82 Å². The van der Waals surface area contributed by atoms with Gasteiger partial charge in [-0.1, -0.05) is 10.3 Å². The molecule has 0 radical (unpaired) electrons. The second kappa shape index (κ2) is 6.23. The standard InChI is InChI=1S/C15H18N4O4/c1-9-6-11(17-22-9)8-14(20)19-5-3-4-12(19)15(21)16-13-7-10(2)23-18-13/h6-7,12H,3-5,8H2,1-2H3,(H,16,18,21). The predicted molar refractivity (Wildman–Crippen MR) is 79.5 cm³/mol. The van der Waals surface area contributed by atoms with Gasteiger partial charge >= 0.3 is 0 Å². The van der Waals surface area contributed by atoms with Gasteiger partial charge in [-0.05, 0) is 26.7 Å². The van der Waals surface area contributed by atoms with Crippen LogP contribution in [0.3, 0.4) is 0 Å². The van der Waals surface area contributed by atoms with Crippen molar-refractivity contribution in [3.8, 4) is 0 Å². The first kappa shape index (κ1) is 15.3. The molecule has 1 unspecified atom stereocenters. The average molecular weight is 318 g/mol. The number of carbonyl (C=O) groups is 2. The summed E-state index contributed by atoms with van der Waals surface area (Å²) in [6.45, 7) is 4.08. The number of aromatic nitrogens is 2. The summed E-state index contributed by atoms with van der Waals surface area (Å²) < 4.78 is 9.88. The molecule has 2 aromatic rings. The second-order valence-electron chi connectivity index (χ2n) is 5.66. The molecule has 3 heterocycles. The van der Waals surface area contributed by atoms with Gasteiger partial charge in [-0.3, -0.25) is 9.59 Å². The number of amides is 2. The van der Waals surface area contributed by atoms with E-state index in [1.165, 1.54) is 0 Å². The normalized spacial score (nSPS) is 17.5. The molecule has 2 aromatic heterocycles. The van der Waals surface area contributed by atoms with Crippen molar-refractivity contribution in [1.29, 1.82) is 0 Å². The Kier molecular flexibility index (Phi) is 4.14. The zero-order valence-electron chi connectivity index (χ0n) is 13.0. The third-order valence-corrected chi connectivity index (χ3v) is 3.76. The molecule has 0 spiro atoms. The fraction of sp³-hybridized carbons (Fsp3) is 0.467. The highest BCUT2D eigenvalue weighted by molar-refractivity contribution is 5.97. The molecule has 3 rings (SSSR count). The Hall–Kier alpha value is -2.64. The van der Waals surface area contributed by atoms with Gasteiger partial charge in [0.2, 0.25) is 11.8 Å². The molecule has 0 aliphatic carbocycles. The van der Waals surface area contributed by atoms with Gasteiger partial charge in [-0.25, -0.2) is 0 Å². The quantitative estimate of drug-likeness (QED) is 0.915. The number of hydrogen-bond acceptors (Lipinski definition) is 6. The van der Waals surface area contributed by atoms with Gasteiger partial charge in [0.1, 0.15) is 17.6 Å². The van der Waals surface area contributed by atoms with Crippen LogP contribution in [0.4, 0.5) is 5.82 Å². The lowest BCUT2D eigenvalue weighted by molar-refractivity contribution is -0.136. The Labute approximate surface area is 132 Å². The van der Waals surface area contributed by atoms with Crippen LogP contribution in [0.15, 0.2) is 21.2 Å². The highest BCUT2D eigenvalue weighted by Gasteiger charge is 2.34. The largest absolute Gasteiger partial charge is 0.361 e. The van der Waals surface area contributed by atoms with E-state index in [1.54, 1.807) is 30.9 Å². The molecule has 23 heavy (non-hydrogen) atoms. The number of anilines is 1. The van der Waals surface area contributed by atoms with Gasteiger partial charge in [0, 0.05) is 18.7 Å². The minimum absolute atomic E-state index is 0.129. The highest BCUT2D eigenvalue weighted by atomic mass is 16.5. The molecule has 122 valence electrons. The zero-order valence-corrected chi connectivity index (χ0v) is 13.0. The number of carbonyl (C=O) groups excluding carboxylic acids is 2. The first-order valence-corrected chi connectivity index (χ1v) is 7.49. The van der Waals surface area contributed by atoms with Gasteiger partial charge in [-0.2, -0.15) is 0 Å². The molecule has 1 atom stereocenters. The van der Waals surface area contributed by atoms with Crippen LogP contribution in [0, 0.1) is 13.8 Å². The maximum Gasteiger partial charge on any atom is 0.248 e. The summed E-state index contributed by atoms with van der Waals surface area (Å²) in [4.78, 5) is 26.4. The maximum atomic E-state index is 12.4. The average Bonchev–Trinajstić information content (AvgIpc) is 3.20. The van der Waals surface area contributed by atoms with E-state index >= 15 is 0 Å². The second-order valence-corrected chi connectivity index (χ2v) is 5.66. The van der Waals surface area contributed by atoms with Crippen LogP contribution in [0.1, 0.15) is 30.1 Å². The van der Waals surface area contributed by atoms with Crippen LogP contribution in [0.25, 0.3) is 0 Å². The van der Waals surface area contributed by atoms with E-state index in [0.29, 0.717) is 36.0 Å². The Bertz CT molecular complexity index is 660. The summed E-state index contributed by atoms with van der Waals surface area (Å²) in [6.07, 6.45) is 1.55. The third-order valence-electron chi connectivity index (χ3n) is 3.76. The molecule has 2 amide bonds. The minimum atomic E-state index is -0.493. The number of nitrogens with zero attached hydrogens (tertiary/aromatic N) is 3. The van der Waals surface area contributed by atoms with E-state index in [0.717, 1.165) is 6.42 Å². The smallest absolute Gasteiger partial charge is 0.248 e. The molecule has 8 heteroatoms. The van der Waals surface area contributed by atoms with Gasteiger partial charge in [0.05, 0.1) is 12.1 Å². The predicted octanol–water partition coefficient (Wildman–Crippen LogP) is 1.45. The van der Waals surface area contributed by atoms with E-state index in [2.05, 4.69) is 15.6 Å². The summed E-state index contributed by atoms with van der Waals surface area (Å²) in [7, 11) is 0. The number of nitrogens with one attached hydrogen (secondary N) is 1. The third kappa shape index (κ3) is 3.41. The Balaban J connectivity index is 1.64. The van der Waals surface area contributed by atoms with Crippen LogP contribution in [-0.2, 0) is 16.0 Å². The fourth-order valence-electron chi connectivity index (χ4n) is 2.73. The molecule has 0 bridgehead atoms. The first-order valence-electron chi connectivity index (χ1n) is 7.49. The van der Waals surface area contributed by atoms with E-state index in [1.807, 2.05) is 0 Å². The van der Waals surface area contributed by atoms with Crippen molar-refractivity contribution >= 4 is 17.6 Å². The van der Waals surface area contributed by atoms with Gasteiger partial charge < -0.3 is 19.3 Å². The number of rotatable bonds is 4. The fourth-order valence-corrected chi connectivity index (χ4v) is 2.73. The summed E-state index contributed by atoms with van der Waals surface area (Å²) in [6, 6.07) is 2.87. The van der Waals surface area contributed by atoms with Crippen LogP contribution in [0.5, 0.6) is 0 Å². The molecule has 1 aliphatic heterocycles. The molecule has 0 saturated carbocycles. The molecule has 1 aliphatic rings. The Morgan fingerprint density at radius 3 is 2.65 bits per heavy atom. The number of aryl methyl sites for hydroxylation is 2. The number of likely N-dealkylation sites (tertiary alicyclic amines) is 1. The van der Waals surface area contributed by atoms with Crippen molar-refractivity contribution in [2.75, 3.05) is 11.9 Å². The van der Waals surface area contributed by atoms with E-state index in [9.17, 15) is 9.59 Å². The molecular weight excluding hydrogens is 300 g/mol. The Morgan fingerprint density at radius 2 is 2.00 bits per heavy atom. The van der Waals surface area contributed by atoms with E-state index in [4.69, 9.17) is 9.05 Å². The summed E-state index contributed by atoms with van der Waals surface area (Å²) in [5.41, 5.74) is 0.575. The molecule has 0 aromatic carbocycles. The van der Waals surface area contributed by atoms with Crippen molar-refractivity contribution in [1.82, 2.24) is 15.2 Å². The van der Waals surface area contributed by atoms with Crippen LogP contribution < -0.4 is 5.32 Å². The lowest BCUT2D eigenvalue weighted by Gasteiger charge is -2.23. The molecule has 1 fully saturated rings. The topological polar surface area (TPSA) is 101 Å². The molecule has 1 saturated heterocycles. The monoisotopic (exact) mass is 318 g/mol.